The number of halogens is 1. The highest BCUT2D eigenvalue weighted by Gasteiger charge is 2.01. The van der Waals surface area contributed by atoms with Gasteiger partial charge in [0.15, 0.2) is 6.20 Å². The predicted molar refractivity (Wildman–Crippen MR) is 69.3 cm³/mol. The van der Waals surface area contributed by atoms with E-state index in [4.69, 9.17) is 0 Å². The molecule has 0 aliphatic rings. The first kappa shape index (κ1) is 14.7. The molecule has 3 heteroatoms. The van der Waals surface area contributed by atoms with Gasteiger partial charge in [-0.2, -0.15) is 4.57 Å². The molecule has 0 unspecified atom stereocenters. The van der Waals surface area contributed by atoms with Gasteiger partial charge in [-0.3, -0.25) is 0 Å². The molecule has 2 rings (SSSR count). The molecule has 0 atom stereocenters. The zero-order valence-corrected chi connectivity index (χ0v) is 12.4. The molecule has 2 aromatic rings. The molecule has 0 spiro atoms. The SMILES string of the molecule is CC[n+]1ccccc1/C=C\c1ccc(O)cc1.[I-]. The summed E-state index contributed by atoms with van der Waals surface area (Å²) in [5.74, 6) is 0.297. The normalized spacial score (nSPS) is 10.3. The number of aromatic hydroxyl groups is 1. The molecule has 18 heavy (non-hydrogen) atoms. The summed E-state index contributed by atoms with van der Waals surface area (Å²) in [5, 5.41) is 9.20. The van der Waals surface area contributed by atoms with E-state index in [1.807, 2.05) is 30.3 Å². The average molecular weight is 353 g/mol. The van der Waals surface area contributed by atoms with Gasteiger partial charge < -0.3 is 29.1 Å². The molecular weight excluding hydrogens is 337 g/mol. The second-order valence-electron chi connectivity index (χ2n) is 3.84. The largest absolute Gasteiger partial charge is 1.00 e. The van der Waals surface area contributed by atoms with Gasteiger partial charge in [0.05, 0.1) is 0 Å². The Hall–Kier alpha value is -1.36. The summed E-state index contributed by atoms with van der Waals surface area (Å²) in [6.45, 7) is 3.08. The minimum atomic E-state index is 0. The lowest BCUT2D eigenvalue weighted by Crippen LogP contribution is -3.00. The van der Waals surface area contributed by atoms with Crippen LogP contribution < -0.4 is 28.5 Å². The van der Waals surface area contributed by atoms with Crippen molar-refractivity contribution < 1.29 is 33.7 Å². The van der Waals surface area contributed by atoms with Crippen molar-refractivity contribution in [3.8, 4) is 5.75 Å². The summed E-state index contributed by atoms with van der Waals surface area (Å²) >= 11 is 0. The van der Waals surface area contributed by atoms with E-state index in [-0.39, 0.29) is 24.0 Å². The van der Waals surface area contributed by atoms with E-state index in [9.17, 15) is 5.11 Å². The van der Waals surface area contributed by atoms with Crippen molar-refractivity contribution >= 4 is 12.2 Å². The Kier molecular flexibility index (Phi) is 5.85. The first-order valence-corrected chi connectivity index (χ1v) is 5.75. The number of phenols is 1. The average Bonchev–Trinajstić information content (AvgIpc) is 2.38. The van der Waals surface area contributed by atoms with Crippen molar-refractivity contribution in [2.75, 3.05) is 0 Å². The van der Waals surface area contributed by atoms with E-state index in [0.29, 0.717) is 5.75 Å². The number of nitrogens with zero attached hydrogens (tertiary/aromatic N) is 1. The van der Waals surface area contributed by atoms with Crippen LogP contribution in [0.5, 0.6) is 5.75 Å². The molecule has 0 fully saturated rings. The van der Waals surface area contributed by atoms with Crippen LogP contribution >= 0.6 is 0 Å². The van der Waals surface area contributed by atoms with Crippen LogP contribution in [0.15, 0.2) is 48.7 Å². The molecule has 94 valence electrons. The first-order chi connectivity index (χ1) is 8.29. The molecule has 0 aliphatic heterocycles. The fourth-order valence-corrected chi connectivity index (χ4v) is 1.70. The molecule has 0 bridgehead atoms. The van der Waals surface area contributed by atoms with Crippen LogP contribution in [0.4, 0.5) is 0 Å². The van der Waals surface area contributed by atoms with Crippen molar-refractivity contribution in [2.45, 2.75) is 13.5 Å². The smallest absolute Gasteiger partial charge is 0.205 e. The molecule has 2 nitrogen and oxygen atoms in total. The summed E-state index contributed by atoms with van der Waals surface area (Å²) in [5.41, 5.74) is 2.25. The highest BCUT2D eigenvalue weighted by molar-refractivity contribution is 5.67. The van der Waals surface area contributed by atoms with E-state index in [2.05, 4.69) is 29.8 Å². The van der Waals surface area contributed by atoms with Gasteiger partial charge in [0, 0.05) is 18.2 Å². The third-order valence-electron chi connectivity index (χ3n) is 2.66. The maximum Gasteiger partial charge on any atom is 0.205 e. The lowest BCUT2D eigenvalue weighted by Gasteiger charge is -1.97. The van der Waals surface area contributed by atoms with Gasteiger partial charge >= 0.3 is 0 Å². The van der Waals surface area contributed by atoms with Crippen LogP contribution in [0.1, 0.15) is 18.2 Å². The summed E-state index contributed by atoms with van der Waals surface area (Å²) in [4.78, 5) is 0. The van der Waals surface area contributed by atoms with Gasteiger partial charge in [0.25, 0.3) is 0 Å². The lowest BCUT2D eigenvalue weighted by molar-refractivity contribution is -0.695. The number of rotatable bonds is 3. The van der Waals surface area contributed by atoms with Gasteiger partial charge in [-0.15, -0.1) is 0 Å². The molecule has 0 amide bonds. The molecule has 0 aliphatic carbocycles. The van der Waals surface area contributed by atoms with Crippen LogP contribution in [-0.2, 0) is 6.54 Å². The first-order valence-electron chi connectivity index (χ1n) is 5.75. The molecule has 1 heterocycles. The zero-order chi connectivity index (χ0) is 12.1. The molecule has 0 radical (unpaired) electrons. The van der Waals surface area contributed by atoms with Crippen LogP contribution in [0.25, 0.3) is 12.2 Å². The minimum absolute atomic E-state index is 0. The number of hydrogen-bond acceptors (Lipinski definition) is 1. The summed E-state index contributed by atoms with van der Waals surface area (Å²) in [7, 11) is 0. The maximum atomic E-state index is 9.20. The van der Waals surface area contributed by atoms with Gasteiger partial charge in [-0.05, 0) is 36.8 Å². The van der Waals surface area contributed by atoms with E-state index in [1.54, 1.807) is 12.1 Å². The number of benzene rings is 1. The monoisotopic (exact) mass is 353 g/mol. The van der Waals surface area contributed by atoms with Crippen molar-refractivity contribution in [3.05, 3.63) is 59.9 Å². The molecule has 0 saturated carbocycles. The second-order valence-corrected chi connectivity index (χ2v) is 3.84. The highest BCUT2D eigenvalue weighted by atomic mass is 127. The Morgan fingerprint density at radius 2 is 1.78 bits per heavy atom. The predicted octanol–water partition coefficient (Wildman–Crippen LogP) is -0.126. The van der Waals surface area contributed by atoms with E-state index >= 15 is 0 Å². The maximum absolute atomic E-state index is 9.20. The van der Waals surface area contributed by atoms with Gasteiger partial charge in [-0.1, -0.05) is 12.1 Å². The van der Waals surface area contributed by atoms with Crippen LogP contribution in [0, 0.1) is 0 Å². The standard InChI is InChI=1S/C15H15NO.HI/c1-2-16-12-4-3-5-14(16)9-6-13-7-10-15(17)11-8-13;/h3-12H,2H2,1H3;1H. The van der Waals surface area contributed by atoms with Crippen LogP contribution in [0.3, 0.4) is 0 Å². The number of pyridine rings is 1. The van der Waals surface area contributed by atoms with Crippen molar-refractivity contribution in [1.29, 1.82) is 0 Å². The van der Waals surface area contributed by atoms with E-state index < -0.39 is 0 Å². The Bertz CT molecular complexity index is 520. The number of phenolic OH excluding ortho intramolecular Hbond substituents is 1. The third kappa shape index (κ3) is 3.84. The molecule has 1 aromatic heterocycles. The van der Waals surface area contributed by atoms with Crippen molar-refractivity contribution in [1.82, 2.24) is 0 Å². The Morgan fingerprint density at radius 1 is 1.06 bits per heavy atom. The number of hydrogen-bond donors (Lipinski definition) is 1. The fourth-order valence-electron chi connectivity index (χ4n) is 1.70. The van der Waals surface area contributed by atoms with Crippen LogP contribution in [0.2, 0.25) is 0 Å². The lowest BCUT2D eigenvalue weighted by atomic mass is 10.2. The van der Waals surface area contributed by atoms with Crippen molar-refractivity contribution in [3.63, 3.8) is 0 Å². The Labute approximate surface area is 125 Å². The Balaban J connectivity index is 0.00000162. The molecular formula is C15H16INO. The van der Waals surface area contributed by atoms with Gasteiger partial charge in [0.1, 0.15) is 12.3 Å². The Morgan fingerprint density at radius 3 is 2.44 bits per heavy atom. The van der Waals surface area contributed by atoms with Gasteiger partial charge in [0.2, 0.25) is 5.69 Å². The third-order valence-corrected chi connectivity index (χ3v) is 2.66. The molecule has 0 saturated heterocycles. The second kappa shape index (κ2) is 7.16. The fraction of sp³-hybridized carbons (Fsp3) is 0.133. The topological polar surface area (TPSA) is 24.1 Å². The van der Waals surface area contributed by atoms with E-state index in [1.165, 1.54) is 5.69 Å². The van der Waals surface area contributed by atoms with Crippen LogP contribution in [-0.4, -0.2) is 5.11 Å². The summed E-state index contributed by atoms with van der Waals surface area (Å²) < 4.78 is 2.18. The number of aromatic nitrogens is 1. The summed E-state index contributed by atoms with van der Waals surface area (Å²) in [6.07, 6.45) is 6.19. The van der Waals surface area contributed by atoms with E-state index in [0.717, 1.165) is 12.1 Å². The molecule has 1 aromatic carbocycles. The highest BCUT2D eigenvalue weighted by Crippen LogP contribution is 2.11. The zero-order valence-electron chi connectivity index (χ0n) is 10.3. The number of aryl methyl sites for hydroxylation is 1. The molecule has 1 N–H and O–H groups in total. The minimum Gasteiger partial charge on any atom is -1.00 e. The quantitative estimate of drug-likeness (QED) is 0.604. The summed E-state index contributed by atoms with van der Waals surface area (Å²) in [6, 6.07) is 13.3. The van der Waals surface area contributed by atoms with Gasteiger partial charge in [-0.25, -0.2) is 0 Å². The van der Waals surface area contributed by atoms with Crippen molar-refractivity contribution in [2.24, 2.45) is 0 Å².